The molecule has 78 valence electrons. The van der Waals surface area contributed by atoms with E-state index in [-0.39, 0.29) is 0 Å². The molecule has 1 aromatic carbocycles. The van der Waals surface area contributed by atoms with Crippen LogP contribution in [0.25, 0.3) is 0 Å². The number of rotatable bonds is 2. The molecule has 0 aliphatic heterocycles. The lowest BCUT2D eigenvalue weighted by atomic mass is 9.97. The van der Waals surface area contributed by atoms with Crippen LogP contribution in [-0.2, 0) is 0 Å². The summed E-state index contributed by atoms with van der Waals surface area (Å²) < 4.78 is 0. The van der Waals surface area contributed by atoms with Crippen molar-refractivity contribution in [3.05, 3.63) is 23.3 Å². The Labute approximate surface area is 97.9 Å². The van der Waals surface area contributed by atoms with Gasteiger partial charge < -0.3 is 0 Å². The van der Waals surface area contributed by atoms with E-state index in [1.54, 1.807) is 0 Å². The molecule has 0 saturated heterocycles. The van der Waals surface area contributed by atoms with Gasteiger partial charge in [0.2, 0.25) is 0 Å². The SMILES string of the molecule is CC(C)c1ccc(C(C)C)c(S)c1S. The molecule has 0 aromatic heterocycles. The highest BCUT2D eigenvalue weighted by atomic mass is 32.1. The molecule has 1 aromatic rings. The van der Waals surface area contributed by atoms with Crippen molar-refractivity contribution in [2.45, 2.75) is 49.3 Å². The van der Waals surface area contributed by atoms with Crippen molar-refractivity contribution < 1.29 is 0 Å². The van der Waals surface area contributed by atoms with Crippen molar-refractivity contribution in [2.24, 2.45) is 0 Å². The monoisotopic (exact) mass is 226 g/mol. The molecule has 0 amide bonds. The highest BCUT2D eigenvalue weighted by Crippen LogP contribution is 2.33. The number of benzene rings is 1. The van der Waals surface area contributed by atoms with Crippen LogP contribution in [0, 0.1) is 0 Å². The topological polar surface area (TPSA) is 0 Å². The Morgan fingerprint density at radius 3 is 1.29 bits per heavy atom. The average molecular weight is 226 g/mol. The predicted molar refractivity (Wildman–Crippen MR) is 69.1 cm³/mol. The number of hydrogen-bond donors (Lipinski definition) is 2. The molecule has 0 aliphatic carbocycles. The van der Waals surface area contributed by atoms with Gasteiger partial charge in [0.1, 0.15) is 0 Å². The fraction of sp³-hybridized carbons (Fsp3) is 0.500. The Balaban J connectivity index is 3.26. The van der Waals surface area contributed by atoms with Crippen molar-refractivity contribution in [2.75, 3.05) is 0 Å². The summed E-state index contributed by atoms with van der Waals surface area (Å²) in [5.74, 6) is 1.02. The van der Waals surface area contributed by atoms with Gasteiger partial charge in [-0.1, -0.05) is 39.8 Å². The maximum atomic E-state index is 4.54. The minimum atomic E-state index is 0.509. The fourth-order valence-electron chi connectivity index (χ4n) is 1.54. The summed E-state index contributed by atoms with van der Waals surface area (Å²) in [6.07, 6.45) is 0. The molecule has 1 rings (SSSR count). The van der Waals surface area contributed by atoms with Gasteiger partial charge in [-0.3, -0.25) is 0 Å². The Morgan fingerprint density at radius 1 is 0.786 bits per heavy atom. The Bertz CT molecular complexity index is 294. The van der Waals surface area contributed by atoms with Crippen LogP contribution in [0.1, 0.15) is 50.7 Å². The van der Waals surface area contributed by atoms with Crippen LogP contribution in [-0.4, -0.2) is 0 Å². The van der Waals surface area contributed by atoms with Crippen LogP contribution in [0.4, 0.5) is 0 Å². The second-order valence-electron chi connectivity index (χ2n) is 4.25. The standard InChI is InChI=1S/C12H18S2/c1-7(2)9-5-6-10(8(3)4)12(14)11(9)13/h5-8,13-14H,1-4H3. The Kier molecular flexibility index (Phi) is 3.96. The highest BCUT2D eigenvalue weighted by molar-refractivity contribution is 7.83. The van der Waals surface area contributed by atoms with Crippen LogP contribution in [0.5, 0.6) is 0 Å². The Morgan fingerprint density at radius 2 is 1.07 bits per heavy atom. The van der Waals surface area contributed by atoms with Gasteiger partial charge in [-0.15, -0.1) is 25.3 Å². The first-order valence-electron chi connectivity index (χ1n) is 4.99. The molecule has 0 unspecified atom stereocenters. The van der Waals surface area contributed by atoms with E-state index < -0.39 is 0 Å². The molecular formula is C12H18S2. The van der Waals surface area contributed by atoms with Crippen molar-refractivity contribution in [1.82, 2.24) is 0 Å². The van der Waals surface area contributed by atoms with Crippen LogP contribution in [0.3, 0.4) is 0 Å². The van der Waals surface area contributed by atoms with Gasteiger partial charge in [0, 0.05) is 9.79 Å². The molecule has 0 N–H and O–H groups in total. The highest BCUT2D eigenvalue weighted by Gasteiger charge is 2.11. The summed E-state index contributed by atoms with van der Waals surface area (Å²) in [6, 6.07) is 4.34. The molecule has 0 saturated carbocycles. The van der Waals surface area contributed by atoms with Crippen LogP contribution >= 0.6 is 25.3 Å². The summed E-state index contributed by atoms with van der Waals surface area (Å²) in [4.78, 5) is 2.07. The third-order valence-electron chi connectivity index (χ3n) is 2.46. The van der Waals surface area contributed by atoms with Gasteiger partial charge in [-0.2, -0.15) is 0 Å². The molecule has 0 aliphatic rings. The minimum absolute atomic E-state index is 0.509. The second-order valence-corrected chi connectivity index (χ2v) is 5.15. The number of hydrogen-bond acceptors (Lipinski definition) is 2. The van der Waals surface area contributed by atoms with E-state index in [1.165, 1.54) is 11.1 Å². The molecule has 0 radical (unpaired) electrons. The predicted octanol–water partition coefficient (Wildman–Crippen LogP) is 4.51. The van der Waals surface area contributed by atoms with Gasteiger partial charge in [0.25, 0.3) is 0 Å². The third-order valence-corrected chi connectivity index (χ3v) is 3.60. The third kappa shape index (κ3) is 2.29. The maximum absolute atomic E-state index is 4.54. The molecule has 0 spiro atoms. The summed E-state index contributed by atoms with van der Waals surface area (Å²) in [7, 11) is 0. The first-order chi connectivity index (χ1) is 6.45. The fourth-order valence-corrected chi connectivity index (χ4v) is 2.47. The van der Waals surface area contributed by atoms with E-state index >= 15 is 0 Å². The van der Waals surface area contributed by atoms with Gasteiger partial charge in [-0.05, 0) is 23.0 Å². The minimum Gasteiger partial charge on any atom is -0.142 e. The van der Waals surface area contributed by atoms with E-state index in [0.29, 0.717) is 11.8 Å². The summed E-state index contributed by atoms with van der Waals surface area (Å²) >= 11 is 9.08. The average Bonchev–Trinajstić information content (AvgIpc) is 2.08. The Hall–Kier alpha value is -0.0800. The van der Waals surface area contributed by atoms with Crippen LogP contribution in [0.15, 0.2) is 21.9 Å². The van der Waals surface area contributed by atoms with E-state index in [2.05, 4.69) is 65.1 Å². The summed E-state index contributed by atoms with van der Waals surface area (Å²) in [5.41, 5.74) is 2.56. The van der Waals surface area contributed by atoms with Crippen molar-refractivity contribution in [3.63, 3.8) is 0 Å². The van der Waals surface area contributed by atoms with E-state index in [9.17, 15) is 0 Å². The second kappa shape index (κ2) is 4.63. The molecule has 0 fully saturated rings. The van der Waals surface area contributed by atoms with E-state index in [1.807, 2.05) is 0 Å². The molecule has 0 nitrogen and oxygen atoms in total. The summed E-state index contributed by atoms with van der Waals surface area (Å²) in [5, 5.41) is 0. The summed E-state index contributed by atoms with van der Waals surface area (Å²) in [6.45, 7) is 8.71. The van der Waals surface area contributed by atoms with Gasteiger partial charge in [0.15, 0.2) is 0 Å². The zero-order chi connectivity index (χ0) is 10.9. The zero-order valence-corrected chi connectivity index (χ0v) is 11.0. The van der Waals surface area contributed by atoms with Gasteiger partial charge in [0.05, 0.1) is 0 Å². The normalized spacial score (nSPS) is 11.4. The molecule has 0 heterocycles. The zero-order valence-electron chi connectivity index (χ0n) is 9.20. The molecule has 0 bridgehead atoms. The van der Waals surface area contributed by atoms with Gasteiger partial charge >= 0.3 is 0 Å². The molecule has 0 atom stereocenters. The first-order valence-corrected chi connectivity index (χ1v) is 5.89. The molecular weight excluding hydrogens is 208 g/mol. The molecule has 14 heavy (non-hydrogen) atoms. The lowest BCUT2D eigenvalue weighted by Crippen LogP contribution is -1.96. The van der Waals surface area contributed by atoms with Crippen molar-refractivity contribution >= 4 is 25.3 Å². The van der Waals surface area contributed by atoms with E-state index in [4.69, 9.17) is 0 Å². The quantitative estimate of drug-likeness (QED) is 0.681. The van der Waals surface area contributed by atoms with Crippen LogP contribution in [0.2, 0.25) is 0 Å². The first kappa shape index (κ1) is 12.0. The smallest absolute Gasteiger partial charge is 0.0211 e. The maximum Gasteiger partial charge on any atom is 0.0211 e. The lowest BCUT2D eigenvalue weighted by Gasteiger charge is -2.16. The number of thiol groups is 2. The molecule has 2 heteroatoms. The van der Waals surface area contributed by atoms with Crippen molar-refractivity contribution in [1.29, 1.82) is 0 Å². The van der Waals surface area contributed by atoms with Crippen molar-refractivity contribution in [3.8, 4) is 0 Å². The lowest BCUT2D eigenvalue weighted by molar-refractivity contribution is 0.793. The largest absolute Gasteiger partial charge is 0.142 e. The van der Waals surface area contributed by atoms with Gasteiger partial charge in [-0.25, -0.2) is 0 Å². The van der Waals surface area contributed by atoms with E-state index in [0.717, 1.165) is 9.79 Å². The van der Waals surface area contributed by atoms with Crippen LogP contribution < -0.4 is 0 Å².